The summed E-state index contributed by atoms with van der Waals surface area (Å²) in [6, 6.07) is 5.25. The molecule has 0 aliphatic rings. The summed E-state index contributed by atoms with van der Waals surface area (Å²) in [5.41, 5.74) is 6.50. The molecular weight excluding hydrogens is 222 g/mol. The number of hydrogen-bond acceptors (Lipinski definition) is 3. The molecule has 0 radical (unpaired) electrons. The highest BCUT2D eigenvalue weighted by Gasteiger charge is 2.17. The number of carboxylic acid groups (broad SMARTS) is 1. The van der Waals surface area contributed by atoms with Crippen molar-refractivity contribution in [2.45, 2.75) is 19.4 Å². The number of carboxylic acids is 1. The first-order valence-corrected chi connectivity index (χ1v) is 5.19. The number of rotatable bonds is 4. The van der Waals surface area contributed by atoms with Crippen LogP contribution in [0.15, 0.2) is 24.3 Å². The Hall–Kier alpha value is -2.24. The summed E-state index contributed by atoms with van der Waals surface area (Å²) >= 11 is 0. The number of nitrogens with one attached hydrogen (secondary N) is 2. The quantitative estimate of drug-likeness (QED) is 0.591. The molecule has 0 bridgehead atoms. The molecule has 5 N–H and O–H groups in total. The monoisotopic (exact) mass is 237 g/mol. The molecule has 0 aliphatic carbocycles. The Morgan fingerprint density at radius 3 is 2.59 bits per heavy atom. The molecule has 1 rings (SSSR count). The fraction of sp³-hybridized carbons (Fsp3) is 0.273. The van der Waals surface area contributed by atoms with Gasteiger partial charge < -0.3 is 21.5 Å². The minimum absolute atomic E-state index is 0.313. The van der Waals surface area contributed by atoms with Gasteiger partial charge in [0.05, 0.1) is 11.4 Å². The first-order valence-electron chi connectivity index (χ1n) is 5.19. The molecule has 0 aromatic heterocycles. The van der Waals surface area contributed by atoms with E-state index in [1.54, 1.807) is 31.2 Å². The number of carbonyl (C=O) groups is 2. The summed E-state index contributed by atoms with van der Waals surface area (Å²) in [6.07, 6.45) is 0.313. The minimum Gasteiger partial charge on any atom is -0.480 e. The normalized spacial score (nSPS) is 11.6. The zero-order valence-corrected chi connectivity index (χ0v) is 9.43. The molecule has 0 saturated heterocycles. The molecule has 2 amide bonds. The van der Waals surface area contributed by atoms with E-state index in [0.29, 0.717) is 17.8 Å². The van der Waals surface area contributed by atoms with E-state index in [4.69, 9.17) is 10.8 Å². The Labute approximate surface area is 98.8 Å². The van der Waals surface area contributed by atoms with Gasteiger partial charge in [0, 0.05) is 0 Å². The number of carbonyl (C=O) groups excluding carboxylic acids is 1. The molecular formula is C11H15N3O3. The summed E-state index contributed by atoms with van der Waals surface area (Å²) in [4.78, 5) is 22.2. The molecule has 0 aliphatic heterocycles. The second kappa shape index (κ2) is 5.74. The van der Waals surface area contributed by atoms with Crippen LogP contribution in [0.1, 0.15) is 13.3 Å². The van der Waals surface area contributed by atoms with Crippen molar-refractivity contribution in [1.82, 2.24) is 5.32 Å². The number of para-hydroxylation sites is 2. The van der Waals surface area contributed by atoms with Crippen LogP contribution in [0.3, 0.4) is 0 Å². The first kappa shape index (κ1) is 12.8. The molecule has 6 heteroatoms. The topological polar surface area (TPSA) is 104 Å². The van der Waals surface area contributed by atoms with Gasteiger partial charge in [0.1, 0.15) is 6.04 Å². The number of aliphatic carboxylic acids is 1. The molecule has 0 heterocycles. The van der Waals surface area contributed by atoms with E-state index in [1.807, 2.05) is 0 Å². The van der Waals surface area contributed by atoms with Crippen molar-refractivity contribution in [3.63, 3.8) is 0 Å². The van der Waals surface area contributed by atoms with Gasteiger partial charge in [-0.05, 0) is 18.6 Å². The van der Waals surface area contributed by atoms with Crippen LogP contribution >= 0.6 is 0 Å². The van der Waals surface area contributed by atoms with Crippen molar-refractivity contribution in [2.75, 3.05) is 11.1 Å². The van der Waals surface area contributed by atoms with Crippen LogP contribution in [0.25, 0.3) is 0 Å². The van der Waals surface area contributed by atoms with Gasteiger partial charge in [0.2, 0.25) is 0 Å². The highest BCUT2D eigenvalue weighted by atomic mass is 16.4. The lowest BCUT2D eigenvalue weighted by atomic mass is 10.2. The predicted octanol–water partition coefficient (Wildman–Crippen LogP) is 1.25. The Morgan fingerprint density at radius 2 is 2.06 bits per heavy atom. The van der Waals surface area contributed by atoms with E-state index in [0.717, 1.165) is 0 Å². The van der Waals surface area contributed by atoms with Crippen LogP contribution in [0.2, 0.25) is 0 Å². The first-order chi connectivity index (χ1) is 8.04. The van der Waals surface area contributed by atoms with Gasteiger partial charge in [-0.3, -0.25) is 0 Å². The van der Waals surface area contributed by atoms with E-state index in [1.165, 1.54) is 0 Å². The molecule has 0 saturated carbocycles. The van der Waals surface area contributed by atoms with Gasteiger partial charge in [-0.25, -0.2) is 9.59 Å². The summed E-state index contributed by atoms with van der Waals surface area (Å²) in [5, 5.41) is 13.6. The molecule has 1 aromatic rings. The van der Waals surface area contributed by atoms with Gasteiger partial charge in [0.25, 0.3) is 0 Å². The number of nitrogens with two attached hydrogens (primary N) is 1. The Balaban J connectivity index is 2.61. The summed E-state index contributed by atoms with van der Waals surface area (Å²) in [7, 11) is 0. The molecule has 6 nitrogen and oxygen atoms in total. The van der Waals surface area contributed by atoms with Gasteiger partial charge >= 0.3 is 12.0 Å². The van der Waals surface area contributed by atoms with Crippen LogP contribution in [-0.4, -0.2) is 23.1 Å². The Kier molecular flexibility index (Phi) is 4.33. The lowest BCUT2D eigenvalue weighted by molar-refractivity contribution is -0.139. The zero-order valence-electron chi connectivity index (χ0n) is 9.43. The molecule has 0 unspecified atom stereocenters. The fourth-order valence-corrected chi connectivity index (χ4v) is 1.27. The van der Waals surface area contributed by atoms with Gasteiger partial charge in [0.15, 0.2) is 0 Å². The van der Waals surface area contributed by atoms with Crippen molar-refractivity contribution < 1.29 is 14.7 Å². The van der Waals surface area contributed by atoms with E-state index in [-0.39, 0.29) is 0 Å². The van der Waals surface area contributed by atoms with Crippen LogP contribution in [-0.2, 0) is 4.79 Å². The number of benzene rings is 1. The third-order valence-electron chi connectivity index (χ3n) is 2.22. The van der Waals surface area contributed by atoms with Crippen molar-refractivity contribution in [3.05, 3.63) is 24.3 Å². The maximum atomic E-state index is 11.5. The van der Waals surface area contributed by atoms with Crippen LogP contribution in [0, 0.1) is 0 Å². The number of nitrogen functional groups attached to an aromatic ring is 1. The zero-order chi connectivity index (χ0) is 12.8. The molecule has 1 aromatic carbocycles. The van der Waals surface area contributed by atoms with Crippen LogP contribution in [0.5, 0.6) is 0 Å². The second-order valence-electron chi connectivity index (χ2n) is 3.48. The van der Waals surface area contributed by atoms with Crippen molar-refractivity contribution in [3.8, 4) is 0 Å². The lowest BCUT2D eigenvalue weighted by Gasteiger charge is -2.13. The smallest absolute Gasteiger partial charge is 0.326 e. The third-order valence-corrected chi connectivity index (χ3v) is 2.22. The van der Waals surface area contributed by atoms with Crippen LogP contribution in [0.4, 0.5) is 16.2 Å². The lowest BCUT2D eigenvalue weighted by Crippen LogP contribution is -2.42. The van der Waals surface area contributed by atoms with Gasteiger partial charge in [-0.2, -0.15) is 0 Å². The highest BCUT2D eigenvalue weighted by Crippen LogP contribution is 2.16. The Morgan fingerprint density at radius 1 is 1.41 bits per heavy atom. The number of anilines is 2. The molecule has 92 valence electrons. The van der Waals surface area contributed by atoms with Crippen molar-refractivity contribution in [1.29, 1.82) is 0 Å². The maximum absolute atomic E-state index is 11.5. The van der Waals surface area contributed by atoms with E-state index < -0.39 is 18.0 Å². The summed E-state index contributed by atoms with van der Waals surface area (Å²) in [5.74, 6) is -1.07. The number of hydrogen-bond donors (Lipinski definition) is 4. The molecule has 1 atom stereocenters. The SMILES string of the molecule is CC[C@@H](NC(=O)Nc1ccccc1N)C(=O)O. The average Bonchev–Trinajstić information content (AvgIpc) is 2.28. The molecule has 17 heavy (non-hydrogen) atoms. The summed E-state index contributed by atoms with van der Waals surface area (Å²) < 4.78 is 0. The third kappa shape index (κ3) is 3.67. The standard InChI is InChI=1S/C11H15N3O3/c1-2-8(10(15)16)13-11(17)14-9-6-4-3-5-7(9)12/h3-6,8H,2,12H2,1H3,(H,15,16)(H2,13,14,17)/t8-/m1/s1. The highest BCUT2D eigenvalue weighted by molar-refractivity contribution is 5.94. The molecule has 0 spiro atoms. The summed E-state index contributed by atoms with van der Waals surface area (Å²) in [6.45, 7) is 1.68. The van der Waals surface area contributed by atoms with Gasteiger partial charge in [-0.15, -0.1) is 0 Å². The van der Waals surface area contributed by atoms with E-state index in [9.17, 15) is 9.59 Å². The number of urea groups is 1. The molecule has 0 fully saturated rings. The minimum atomic E-state index is -1.07. The fourth-order valence-electron chi connectivity index (χ4n) is 1.27. The largest absolute Gasteiger partial charge is 0.480 e. The van der Waals surface area contributed by atoms with Crippen molar-refractivity contribution >= 4 is 23.4 Å². The maximum Gasteiger partial charge on any atom is 0.326 e. The van der Waals surface area contributed by atoms with Crippen molar-refractivity contribution in [2.24, 2.45) is 0 Å². The van der Waals surface area contributed by atoms with Gasteiger partial charge in [-0.1, -0.05) is 19.1 Å². The van der Waals surface area contributed by atoms with E-state index >= 15 is 0 Å². The van der Waals surface area contributed by atoms with E-state index in [2.05, 4.69) is 10.6 Å². The Bertz CT molecular complexity index is 420. The predicted molar refractivity (Wildman–Crippen MR) is 64.7 cm³/mol. The second-order valence-corrected chi connectivity index (χ2v) is 3.48. The average molecular weight is 237 g/mol. The van der Waals surface area contributed by atoms with Crippen LogP contribution < -0.4 is 16.4 Å². The number of amides is 2.